The van der Waals surface area contributed by atoms with Crippen LogP contribution in [0, 0.1) is 17.0 Å². The number of halogens is 1. The first-order valence-electron chi connectivity index (χ1n) is 7.07. The van der Waals surface area contributed by atoms with Crippen LogP contribution in [-0.2, 0) is 24.4 Å². The van der Waals surface area contributed by atoms with E-state index in [0.717, 1.165) is 5.69 Å². The van der Waals surface area contributed by atoms with E-state index in [4.69, 9.17) is 11.6 Å². The van der Waals surface area contributed by atoms with E-state index in [1.54, 1.807) is 11.6 Å². The maximum Gasteiger partial charge on any atom is 0.309 e. The van der Waals surface area contributed by atoms with E-state index in [9.17, 15) is 14.9 Å². The van der Waals surface area contributed by atoms with Gasteiger partial charge in [-0.05, 0) is 13.8 Å². The van der Waals surface area contributed by atoms with E-state index in [1.807, 2.05) is 6.92 Å². The predicted octanol–water partition coefficient (Wildman–Crippen LogP) is 1.68. The molecule has 0 fully saturated rings. The molecule has 2 aromatic rings. The van der Waals surface area contributed by atoms with Gasteiger partial charge in [0.25, 0.3) is 0 Å². The highest BCUT2D eigenvalue weighted by Crippen LogP contribution is 2.16. The van der Waals surface area contributed by atoms with Crippen molar-refractivity contribution in [2.45, 2.75) is 39.9 Å². The van der Waals surface area contributed by atoms with Crippen molar-refractivity contribution >= 4 is 23.2 Å². The Balaban J connectivity index is 1.87. The topological polar surface area (TPSA) is 108 Å². The Morgan fingerprint density at radius 1 is 1.52 bits per heavy atom. The van der Waals surface area contributed by atoms with Crippen molar-refractivity contribution in [1.82, 2.24) is 24.9 Å². The molecule has 0 aromatic carbocycles. The van der Waals surface area contributed by atoms with Crippen LogP contribution in [0.3, 0.4) is 0 Å². The summed E-state index contributed by atoms with van der Waals surface area (Å²) in [5, 5.41) is 22.1. The lowest BCUT2D eigenvalue weighted by molar-refractivity contribution is -0.385. The van der Waals surface area contributed by atoms with E-state index in [1.165, 1.54) is 17.1 Å². The molecule has 23 heavy (non-hydrogen) atoms. The third kappa shape index (κ3) is 4.07. The molecular formula is C13H17ClN6O3. The molecule has 0 unspecified atom stereocenters. The predicted molar refractivity (Wildman–Crippen MR) is 83.0 cm³/mol. The molecule has 124 valence electrons. The second-order valence-electron chi connectivity index (χ2n) is 4.90. The smallest absolute Gasteiger partial charge is 0.309 e. The molecule has 1 N–H and O–H groups in total. The summed E-state index contributed by atoms with van der Waals surface area (Å²) in [6.45, 7) is 4.70. The van der Waals surface area contributed by atoms with Crippen LogP contribution in [-0.4, -0.2) is 30.4 Å². The van der Waals surface area contributed by atoms with Crippen molar-refractivity contribution in [2.24, 2.45) is 0 Å². The van der Waals surface area contributed by atoms with Crippen molar-refractivity contribution in [2.75, 3.05) is 0 Å². The van der Waals surface area contributed by atoms with Gasteiger partial charge in [0.1, 0.15) is 11.9 Å². The SMILES string of the molecule is CCn1ncc(Cl)c1CNC(=O)CCn1cc([N+](=O)[O-])c(C)n1. The quantitative estimate of drug-likeness (QED) is 0.609. The zero-order chi connectivity index (χ0) is 17.0. The molecule has 0 aliphatic carbocycles. The lowest BCUT2D eigenvalue weighted by atomic mass is 10.3. The number of carbonyl (C=O) groups is 1. The first kappa shape index (κ1) is 16.9. The lowest BCUT2D eigenvalue weighted by Gasteiger charge is -2.08. The van der Waals surface area contributed by atoms with Crippen molar-refractivity contribution in [3.05, 3.63) is 38.9 Å². The highest BCUT2D eigenvalue weighted by Gasteiger charge is 2.16. The molecule has 0 saturated carbocycles. The third-order valence-electron chi connectivity index (χ3n) is 3.34. The summed E-state index contributed by atoms with van der Waals surface area (Å²) >= 11 is 6.02. The number of nitrogens with one attached hydrogen (secondary N) is 1. The van der Waals surface area contributed by atoms with E-state index in [-0.39, 0.29) is 31.1 Å². The van der Waals surface area contributed by atoms with Gasteiger partial charge in [-0.15, -0.1) is 0 Å². The Morgan fingerprint density at radius 2 is 2.26 bits per heavy atom. The summed E-state index contributed by atoms with van der Waals surface area (Å²) < 4.78 is 3.11. The highest BCUT2D eigenvalue weighted by molar-refractivity contribution is 6.31. The molecule has 9 nitrogen and oxygen atoms in total. The van der Waals surface area contributed by atoms with Gasteiger partial charge in [-0.25, -0.2) is 0 Å². The molecule has 0 bridgehead atoms. The van der Waals surface area contributed by atoms with Gasteiger partial charge in [-0.3, -0.25) is 24.3 Å². The zero-order valence-electron chi connectivity index (χ0n) is 12.8. The number of aryl methyl sites for hydroxylation is 3. The Labute approximate surface area is 137 Å². The summed E-state index contributed by atoms with van der Waals surface area (Å²) in [4.78, 5) is 22.1. The Morgan fingerprint density at radius 3 is 2.87 bits per heavy atom. The second kappa shape index (κ2) is 7.23. The average molecular weight is 341 g/mol. The van der Waals surface area contributed by atoms with E-state index < -0.39 is 4.92 Å². The van der Waals surface area contributed by atoms with Crippen molar-refractivity contribution in [1.29, 1.82) is 0 Å². The van der Waals surface area contributed by atoms with Crippen molar-refractivity contribution in [3.63, 3.8) is 0 Å². The van der Waals surface area contributed by atoms with Gasteiger partial charge in [0.15, 0.2) is 0 Å². The minimum absolute atomic E-state index is 0.0518. The molecule has 2 rings (SSSR count). The molecule has 0 radical (unpaired) electrons. The van der Waals surface area contributed by atoms with Crippen LogP contribution in [0.2, 0.25) is 5.02 Å². The van der Waals surface area contributed by atoms with Gasteiger partial charge in [-0.2, -0.15) is 10.2 Å². The number of carbonyl (C=O) groups excluding carboxylic acids is 1. The highest BCUT2D eigenvalue weighted by atomic mass is 35.5. The van der Waals surface area contributed by atoms with Gasteiger partial charge in [0, 0.05) is 19.5 Å². The minimum Gasteiger partial charge on any atom is -0.350 e. The lowest BCUT2D eigenvalue weighted by Crippen LogP contribution is -2.25. The molecule has 2 aromatic heterocycles. The average Bonchev–Trinajstić information content (AvgIpc) is 3.05. The molecular weight excluding hydrogens is 324 g/mol. The molecule has 10 heteroatoms. The maximum atomic E-state index is 11.9. The number of nitro groups is 1. The van der Waals surface area contributed by atoms with Gasteiger partial charge in [-0.1, -0.05) is 11.6 Å². The minimum atomic E-state index is -0.493. The van der Waals surface area contributed by atoms with Gasteiger partial charge in [0.2, 0.25) is 5.91 Å². The standard InChI is InChI=1S/C13H17ClN6O3/c1-3-19-11(10(14)6-16-19)7-15-13(21)4-5-18-8-12(20(22)23)9(2)17-18/h6,8H,3-5,7H2,1-2H3,(H,15,21). The molecule has 2 heterocycles. The van der Waals surface area contributed by atoms with E-state index >= 15 is 0 Å². The van der Waals surface area contributed by atoms with Crippen molar-refractivity contribution in [3.8, 4) is 0 Å². The summed E-state index contributed by atoms with van der Waals surface area (Å²) in [5.74, 6) is -0.194. The third-order valence-corrected chi connectivity index (χ3v) is 3.65. The molecule has 0 aliphatic rings. The number of rotatable bonds is 7. The number of amides is 1. The summed E-state index contributed by atoms with van der Waals surface area (Å²) in [7, 11) is 0. The van der Waals surface area contributed by atoms with Crippen LogP contribution >= 0.6 is 11.6 Å². The molecule has 0 atom stereocenters. The van der Waals surface area contributed by atoms with Crippen LogP contribution in [0.15, 0.2) is 12.4 Å². The zero-order valence-corrected chi connectivity index (χ0v) is 13.6. The summed E-state index contributed by atoms with van der Waals surface area (Å²) in [6, 6.07) is 0. The van der Waals surface area contributed by atoms with Crippen LogP contribution in [0.5, 0.6) is 0 Å². The monoisotopic (exact) mass is 340 g/mol. The maximum absolute atomic E-state index is 11.9. The van der Waals surface area contributed by atoms with E-state index in [0.29, 0.717) is 17.3 Å². The largest absolute Gasteiger partial charge is 0.350 e. The molecule has 0 aliphatic heterocycles. The first-order chi connectivity index (χ1) is 10.9. The number of nitrogens with zero attached hydrogens (tertiary/aromatic N) is 5. The Bertz CT molecular complexity index is 723. The fraction of sp³-hybridized carbons (Fsp3) is 0.462. The molecule has 1 amide bonds. The molecule has 0 spiro atoms. The Kier molecular flexibility index (Phi) is 5.32. The summed E-state index contributed by atoms with van der Waals surface area (Å²) in [6.07, 6.45) is 3.03. The van der Waals surface area contributed by atoms with Crippen LogP contribution in [0.4, 0.5) is 5.69 Å². The van der Waals surface area contributed by atoms with E-state index in [2.05, 4.69) is 15.5 Å². The first-order valence-corrected chi connectivity index (χ1v) is 7.45. The Hall–Kier alpha value is -2.42. The van der Waals surface area contributed by atoms with Gasteiger partial charge in [0.05, 0.1) is 28.4 Å². The molecule has 0 saturated heterocycles. The number of hydrogen-bond acceptors (Lipinski definition) is 5. The fourth-order valence-electron chi connectivity index (χ4n) is 2.12. The summed E-state index contributed by atoms with van der Waals surface area (Å²) in [5.41, 5.74) is 1.02. The van der Waals surface area contributed by atoms with Crippen LogP contribution in [0.1, 0.15) is 24.7 Å². The number of hydrogen-bond donors (Lipinski definition) is 1. The normalized spacial score (nSPS) is 10.7. The van der Waals surface area contributed by atoms with Gasteiger partial charge < -0.3 is 5.32 Å². The fourth-order valence-corrected chi connectivity index (χ4v) is 2.33. The van der Waals surface area contributed by atoms with Crippen LogP contribution < -0.4 is 5.32 Å². The van der Waals surface area contributed by atoms with Gasteiger partial charge >= 0.3 is 5.69 Å². The van der Waals surface area contributed by atoms with Crippen molar-refractivity contribution < 1.29 is 9.72 Å². The number of aromatic nitrogens is 4. The second-order valence-corrected chi connectivity index (χ2v) is 5.31. The van der Waals surface area contributed by atoms with Crippen LogP contribution in [0.25, 0.3) is 0 Å².